The minimum absolute atomic E-state index is 0.0937. The highest BCUT2D eigenvalue weighted by atomic mass is 14.7. The molecule has 0 spiro atoms. The minimum Gasteiger partial charge on any atom is -0.322 e. The summed E-state index contributed by atoms with van der Waals surface area (Å²) in [7, 11) is 0. The van der Waals surface area contributed by atoms with E-state index in [2.05, 4.69) is 20.4 Å². The Kier molecular flexibility index (Phi) is 4.43. The average molecular weight is 155 g/mol. The van der Waals surface area contributed by atoms with Gasteiger partial charge in [-0.25, -0.2) is 0 Å². The molecule has 0 amide bonds. The van der Waals surface area contributed by atoms with E-state index in [0.29, 0.717) is 0 Å². The molecular weight excluding hydrogens is 134 g/mol. The van der Waals surface area contributed by atoms with Crippen LogP contribution in [0.4, 0.5) is 0 Å². The van der Waals surface area contributed by atoms with Crippen molar-refractivity contribution in [1.82, 2.24) is 0 Å². The first-order chi connectivity index (χ1) is 5.06. The predicted octanol–water partition coefficient (Wildman–Crippen LogP) is 2.86. The van der Waals surface area contributed by atoms with Gasteiger partial charge in [0.1, 0.15) is 0 Å². The van der Waals surface area contributed by atoms with Crippen LogP contribution in [0.3, 0.4) is 0 Å². The first-order valence-corrected chi connectivity index (χ1v) is 4.51. The summed E-state index contributed by atoms with van der Waals surface area (Å²) in [4.78, 5) is 0. The van der Waals surface area contributed by atoms with E-state index in [1.165, 1.54) is 0 Å². The van der Waals surface area contributed by atoms with Gasteiger partial charge in [-0.15, -0.1) is 0 Å². The van der Waals surface area contributed by atoms with Crippen LogP contribution in [0.15, 0.2) is 12.2 Å². The van der Waals surface area contributed by atoms with Crippen LogP contribution in [-0.2, 0) is 0 Å². The van der Waals surface area contributed by atoms with Gasteiger partial charge in [0.15, 0.2) is 0 Å². The molecule has 0 aromatic heterocycles. The van der Waals surface area contributed by atoms with Crippen LogP contribution < -0.4 is 5.73 Å². The molecule has 0 fully saturated rings. The molecule has 0 unspecified atom stereocenters. The smallest absolute Gasteiger partial charge is 0.0363 e. The Bertz CT molecular complexity index is 121. The van der Waals surface area contributed by atoms with Crippen LogP contribution in [0.5, 0.6) is 0 Å². The predicted molar refractivity (Wildman–Crippen MR) is 51.5 cm³/mol. The Morgan fingerprint density at radius 1 is 1.27 bits per heavy atom. The Labute approximate surface area is 70.7 Å². The quantitative estimate of drug-likeness (QED) is 0.607. The van der Waals surface area contributed by atoms with Crippen LogP contribution in [0, 0.1) is 0 Å². The monoisotopic (exact) mass is 155 g/mol. The third-order valence-corrected chi connectivity index (χ3v) is 2.24. The van der Waals surface area contributed by atoms with Gasteiger partial charge in [-0.3, -0.25) is 0 Å². The van der Waals surface area contributed by atoms with Crippen LogP contribution in [0.25, 0.3) is 0 Å². The molecule has 0 bridgehead atoms. The summed E-state index contributed by atoms with van der Waals surface area (Å²) >= 11 is 0. The molecule has 0 saturated heterocycles. The van der Waals surface area contributed by atoms with Crippen molar-refractivity contribution < 1.29 is 0 Å². The molecule has 1 nitrogen and oxygen atoms in total. The molecule has 0 aliphatic heterocycles. The van der Waals surface area contributed by atoms with Crippen molar-refractivity contribution in [3.8, 4) is 0 Å². The van der Waals surface area contributed by atoms with E-state index in [0.717, 1.165) is 31.3 Å². The lowest BCUT2D eigenvalue weighted by Crippen LogP contribution is -2.40. The Hall–Kier alpha value is -0.300. The second-order valence-electron chi connectivity index (χ2n) is 3.44. The summed E-state index contributed by atoms with van der Waals surface area (Å²) in [5.74, 6) is 0. The van der Waals surface area contributed by atoms with Gasteiger partial charge in [-0.05, 0) is 19.8 Å². The van der Waals surface area contributed by atoms with Crippen molar-refractivity contribution in [2.24, 2.45) is 5.73 Å². The summed E-state index contributed by atoms with van der Waals surface area (Å²) in [5.41, 5.74) is 7.19. The third kappa shape index (κ3) is 3.06. The van der Waals surface area contributed by atoms with E-state index in [1.807, 2.05) is 6.92 Å². The third-order valence-electron chi connectivity index (χ3n) is 2.24. The Morgan fingerprint density at radius 3 is 1.82 bits per heavy atom. The molecule has 0 aliphatic rings. The van der Waals surface area contributed by atoms with E-state index < -0.39 is 0 Å². The van der Waals surface area contributed by atoms with Gasteiger partial charge < -0.3 is 5.73 Å². The average Bonchev–Trinajstić information content (AvgIpc) is 1.88. The maximum atomic E-state index is 6.16. The number of nitrogens with two attached hydrogens (primary N) is 1. The van der Waals surface area contributed by atoms with Crippen LogP contribution in [0.2, 0.25) is 0 Å². The summed E-state index contributed by atoms with van der Waals surface area (Å²) in [6.07, 6.45) is 4.42. The summed E-state index contributed by atoms with van der Waals surface area (Å²) in [6, 6.07) is 0. The summed E-state index contributed by atoms with van der Waals surface area (Å²) in [5, 5.41) is 0. The zero-order valence-corrected chi connectivity index (χ0v) is 8.11. The number of hydrogen-bond donors (Lipinski definition) is 1. The molecule has 1 heteroatoms. The van der Waals surface area contributed by atoms with Crippen LogP contribution >= 0.6 is 0 Å². The summed E-state index contributed by atoms with van der Waals surface area (Å²) < 4.78 is 0. The zero-order chi connectivity index (χ0) is 8.91. The molecule has 66 valence electrons. The van der Waals surface area contributed by atoms with E-state index in [1.54, 1.807) is 0 Å². The lowest BCUT2D eigenvalue weighted by Gasteiger charge is -2.29. The first-order valence-electron chi connectivity index (χ1n) is 4.51. The largest absolute Gasteiger partial charge is 0.322 e. The molecule has 0 rings (SSSR count). The SMILES string of the molecule is C=C(C)C(N)(CCC)CCC. The molecule has 0 aromatic rings. The van der Waals surface area contributed by atoms with Gasteiger partial charge in [0, 0.05) is 5.54 Å². The maximum absolute atomic E-state index is 6.16. The molecule has 2 N–H and O–H groups in total. The highest BCUT2D eigenvalue weighted by Gasteiger charge is 2.22. The van der Waals surface area contributed by atoms with E-state index in [-0.39, 0.29) is 5.54 Å². The van der Waals surface area contributed by atoms with Crippen molar-refractivity contribution in [1.29, 1.82) is 0 Å². The van der Waals surface area contributed by atoms with Crippen molar-refractivity contribution in [3.63, 3.8) is 0 Å². The van der Waals surface area contributed by atoms with Crippen molar-refractivity contribution in [2.75, 3.05) is 0 Å². The van der Waals surface area contributed by atoms with E-state index in [9.17, 15) is 0 Å². The lowest BCUT2D eigenvalue weighted by atomic mass is 9.84. The van der Waals surface area contributed by atoms with Crippen molar-refractivity contribution >= 4 is 0 Å². The van der Waals surface area contributed by atoms with E-state index in [4.69, 9.17) is 5.73 Å². The standard InChI is InChI=1S/C10H21N/c1-5-7-10(11,8-6-2)9(3)4/h3,5-8,11H2,1-2,4H3. The second-order valence-corrected chi connectivity index (χ2v) is 3.44. The highest BCUT2D eigenvalue weighted by Crippen LogP contribution is 2.23. The fourth-order valence-electron chi connectivity index (χ4n) is 1.44. The summed E-state index contributed by atoms with van der Waals surface area (Å²) in [6.45, 7) is 10.3. The molecule has 0 radical (unpaired) electrons. The minimum atomic E-state index is -0.0937. The fourth-order valence-corrected chi connectivity index (χ4v) is 1.44. The Morgan fingerprint density at radius 2 is 1.64 bits per heavy atom. The van der Waals surface area contributed by atoms with Crippen molar-refractivity contribution in [2.45, 2.75) is 52.0 Å². The zero-order valence-electron chi connectivity index (χ0n) is 8.11. The Balaban J connectivity index is 4.13. The van der Waals surface area contributed by atoms with Crippen LogP contribution in [-0.4, -0.2) is 5.54 Å². The number of hydrogen-bond acceptors (Lipinski definition) is 1. The highest BCUT2D eigenvalue weighted by molar-refractivity contribution is 5.12. The molecule has 0 aliphatic carbocycles. The normalized spacial score (nSPS) is 11.6. The lowest BCUT2D eigenvalue weighted by molar-refractivity contribution is 0.418. The van der Waals surface area contributed by atoms with Gasteiger partial charge in [0.05, 0.1) is 0 Å². The van der Waals surface area contributed by atoms with Gasteiger partial charge in [-0.2, -0.15) is 0 Å². The van der Waals surface area contributed by atoms with Gasteiger partial charge in [-0.1, -0.05) is 38.8 Å². The topological polar surface area (TPSA) is 26.0 Å². The van der Waals surface area contributed by atoms with E-state index >= 15 is 0 Å². The van der Waals surface area contributed by atoms with Gasteiger partial charge >= 0.3 is 0 Å². The maximum Gasteiger partial charge on any atom is 0.0363 e. The molecular formula is C10H21N. The molecule has 0 aromatic carbocycles. The van der Waals surface area contributed by atoms with Crippen molar-refractivity contribution in [3.05, 3.63) is 12.2 Å². The first kappa shape index (κ1) is 10.7. The second kappa shape index (κ2) is 4.55. The number of rotatable bonds is 5. The molecule has 0 heterocycles. The van der Waals surface area contributed by atoms with Crippen LogP contribution in [0.1, 0.15) is 46.5 Å². The van der Waals surface area contributed by atoms with Gasteiger partial charge in [0.2, 0.25) is 0 Å². The molecule has 0 saturated carbocycles. The van der Waals surface area contributed by atoms with Gasteiger partial charge in [0.25, 0.3) is 0 Å². The molecule has 11 heavy (non-hydrogen) atoms. The fraction of sp³-hybridized carbons (Fsp3) is 0.800. The molecule has 0 atom stereocenters.